The molecule has 0 saturated carbocycles. The first kappa shape index (κ1) is 23.3. The molecule has 1 fully saturated rings. The highest BCUT2D eigenvalue weighted by molar-refractivity contribution is 7.89. The SMILES string of the molecule is Cc1ccc(C(=O)NCCOc2cccc3ccccc23)cc1S(=O)(=O)N1CCCCCC1. The number of sulfonamides is 1. The zero-order valence-electron chi connectivity index (χ0n) is 18.9. The lowest BCUT2D eigenvalue weighted by Gasteiger charge is -2.21. The van der Waals surface area contributed by atoms with Gasteiger partial charge < -0.3 is 10.1 Å². The fraction of sp³-hybridized carbons (Fsp3) is 0.346. The number of hydrogen-bond acceptors (Lipinski definition) is 4. The van der Waals surface area contributed by atoms with E-state index >= 15 is 0 Å². The molecule has 0 bridgehead atoms. The summed E-state index contributed by atoms with van der Waals surface area (Å²) in [5.74, 6) is 0.451. The molecule has 0 aliphatic carbocycles. The van der Waals surface area contributed by atoms with E-state index in [0.717, 1.165) is 42.2 Å². The average molecular weight is 467 g/mol. The molecule has 0 spiro atoms. The Morgan fingerprint density at radius 2 is 1.70 bits per heavy atom. The van der Waals surface area contributed by atoms with Crippen LogP contribution >= 0.6 is 0 Å². The molecule has 174 valence electrons. The van der Waals surface area contributed by atoms with E-state index in [9.17, 15) is 13.2 Å². The van der Waals surface area contributed by atoms with Crippen molar-refractivity contribution in [3.8, 4) is 5.75 Å². The summed E-state index contributed by atoms with van der Waals surface area (Å²) < 4.78 is 33.9. The van der Waals surface area contributed by atoms with Gasteiger partial charge in [-0.15, -0.1) is 0 Å². The van der Waals surface area contributed by atoms with Crippen molar-refractivity contribution in [2.75, 3.05) is 26.2 Å². The van der Waals surface area contributed by atoms with Crippen LogP contribution in [-0.4, -0.2) is 44.9 Å². The van der Waals surface area contributed by atoms with Crippen molar-refractivity contribution in [1.29, 1.82) is 0 Å². The smallest absolute Gasteiger partial charge is 0.251 e. The van der Waals surface area contributed by atoms with Gasteiger partial charge in [-0.1, -0.05) is 55.3 Å². The Labute approximate surface area is 195 Å². The Morgan fingerprint density at radius 3 is 2.48 bits per heavy atom. The van der Waals surface area contributed by atoms with Gasteiger partial charge in [-0.25, -0.2) is 8.42 Å². The van der Waals surface area contributed by atoms with Crippen molar-refractivity contribution < 1.29 is 17.9 Å². The van der Waals surface area contributed by atoms with E-state index in [-0.39, 0.29) is 10.8 Å². The van der Waals surface area contributed by atoms with E-state index in [1.807, 2.05) is 42.5 Å². The van der Waals surface area contributed by atoms with Crippen LogP contribution in [0, 0.1) is 6.92 Å². The van der Waals surface area contributed by atoms with Gasteiger partial charge in [0, 0.05) is 24.0 Å². The highest BCUT2D eigenvalue weighted by Crippen LogP contribution is 2.26. The third kappa shape index (κ3) is 5.37. The van der Waals surface area contributed by atoms with E-state index in [1.54, 1.807) is 23.4 Å². The molecule has 1 amide bonds. The average Bonchev–Trinajstić information content (AvgIpc) is 3.12. The monoisotopic (exact) mass is 466 g/mol. The molecule has 3 aromatic carbocycles. The number of benzene rings is 3. The van der Waals surface area contributed by atoms with Crippen LogP contribution in [0.2, 0.25) is 0 Å². The van der Waals surface area contributed by atoms with Gasteiger partial charge in [0.05, 0.1) is 11.4 Å². The molecule has 7 heteroatoms. The number of nitrogens with one attached hydrogen (secondary N) is 1. The van der Waals surface area contributed by atoms with E-state index in [4.69, 9.17) is 4.74 Å². The second-order valence-corrected chi connectivity index (χ2v) is 10.3. The predicted octanol–water partition coefficient (Wildman–Crippen LogP) is 4.52. The zero-order chi connectivity index (χ0) is 23.3. The molecule has 1 heterocycles. The molecular weight excluding hydrogens is 436 g/mol. The molecule has 6 nitrogen and oxygen atoms in total. The molecule has 0 atom stereocenters. The van der Waals surface area contributed by atoms with Crippen LogP contribution < -0.4 is 10.1 Å². The molecule has 4 rings (SSSR count). The fourth-order valence-electron chi connectivity index (χ4n) is 4.19. The van der Waals surface area contributed by atoms with Crippen molar-refractivity contribution in [2.24, 2.45) is 0 Å². The van der Waals surface area contributed by atoms with Crippen LogP contribution in [0.25, 0.3) is 10.8 Å². The van der Waals surface area contributed by atoms with Crippen molar-refractivity contribution in [3.63, 3.8) is 0 Å². The number of fused-ring (bicyclic) bond motifs is 1. The molecule has 1 aliphatic heterocycles. The van der Waals surface area contributed by atoms with Crippen molar-refractivity contribution in [3.05, 3.63) is 71.8 Å². The largest absolute Gasteiger partial charge is 0.491 e. The number of hydrogen-bond donors (Lipinski definition) is 1. The standard InChI is InChI=1S/C26H30N2O4S/c1-20-13-14-22(19-25(20)33(30,31)28-16-6-2-3-7-17-28)26(29)27-15-18-32-24-12-8-10-21-9-4-5-11-23(21)24/h4-5,8-14,19H,2-3,6-7,15-18H2,1H3,(H,27,29). The minimum atomic E-state index is -3.63. The Kier molecular flexibility index (Phi) is 7.30. The lowest BCUT2D eigenvalue weighted by Crippen LogP contribution is -2.33. The van der Waals surface area contributed by atoms with Crippen LogP contribution in [0.3, 0.4) is 0 Å². The summed E-state index contributed by atoms with van der Waals surface area (Å²) in [6.45, 7) is 3.45. The number of aryl methyl sites for hydroxylation is 1. The quantitative estimate of drug-likeness (QED) is 0.520. The molecule has 3 aromatic rings. The van der Waals surface area contributed by atoms with Crippen molar-refractivity contribution >= 4 is 26.7 Å². The Balaban J connectivity index is 1.40. The zero-order valence-corrected chi connectivity index (χ0v) is 19.7. The predicted molar refractivity (Wildman–Crippen MR) is 130 cm³/mol. The van der Waals surface area contributed by atoms with Crippen molar-refractivity contribution in [1.82, 2.24) is 9.62 Å². The first-order chi connectivity index (χ1) is 16.0. The maximum Gasteiger partial charge on any atom is 0.251 e. The van der Waals surface area contributed by atoms with Gasteiger partial charge in [-0.05, 0) is 48.9 Å². The second kappa shape index (κ2) is 10.4. The van der Waals surface area contributed by atoms with Gasteiger partial charge in [0.25, 0.3) is 5.91 Å². The van der Waals surface area contributed by atoms with Crippen LogP contribution in [-0.2, 0) is 10.0 Å². The summed E-state index contributed by atoms with van der Waals surface area (Å²) in [5, 5.41) is 4.95. The van der Waals surface area contributed by atoms with Gasteiger partial charge in [-0.3, -0.25) is 4.79 Å². The minimum absolute atomic E-state index is 0.212. The summed E-state index contributed by atoms with van der Waals surface area (Å²) >= 11 is 0. The fourth-order valence-corrected chi connectivity index (χ4v) is 5.96. The summed E-state index contributed by atoms with van der Waals surface area (Å²) in [6.07, 6.45) is 3.84. The molecule has 1 saturated heterocycles. The number of rotatable bonds is 7. The Hall–Kier alpha value is -2.90. The summed E-state index contributed by atoms with van der Waals surface area (Å²) in [7, 11) is -3.63. The van der Waals surface area contributed by atoms with E-state index in [0.29, 0.717) is 37.4 Å². The van der Waals surface area contributed by atoms with Crippen LogP contribution in [0.1, 0.15) is 41.6 Å². The number of carbonyl (C=O) groups is 1. The maximum absolute atomic E-state index is 13.2. The van der Waals surface area contributed by atoms with E-state index in [1.165, 1.54) is 6.07 Å². The van der Waals surface area contributed by atoms with Gasteiger partial charge in [-0.2, -0.15) is 4.31 Å². The van der Waals surface area contributed by atoms with E-state index in [2.05, 4.69) is 5.32 Å². The molecule has 1 aliphatic rings. The van der Waals surface area contributed by atoms with Crippen LogP contribution in [0.4, 0.5) is 0 Å². The highest BCUT2D eigenvalue weighted by Gasteiger charge is 2.27. The lowest BCUT2D eigenvalue weighted by molar-refractivity contribution is 0.0947. The number of amides is 1. The minimum Gasteiger partial charge on any atom is -0.491 e. The Morgan fingerprint density at radius 1 is 0.970 bits per heavy atom. The molecule has 0 radical (unpaired) electrons. The summed E-state index contributed by atoms with van der Waals surface area (Å²) in [4.78, 5) is 12.9. The molecule has 33 heavy (non-hydrogen) atoms. The van der Waals surface area contributed by atoms with Gasteiger partial charge in [0.2, 0.25) is 10.0 Å². The van der Waals surface area contributed by atoms with Crippen LogP contribution in [0.5, 0.6) is 5.75 Å². The van der Waals surface area contributed by atoms with Gasteiger partial charge >= 0.3 is 0 Å². The Bertz CT molecular complexity index is 1230. The molecular formula is C26H30N2O4S. The lowest BCUT2D eigenvalue weighted by atomic mass is 10.1. The third-order valence-electron chi connectivity index (χ3n) is 6.03. The summed E-state index contributed by atoms with van der Waals surface area (Å²) in [5.41, 5.74) is 0.981. The molecule has 0 aromatic heterocycles. The maximum atomic E-state index is 13.2. The van der Waals surface area contributed by atoms with E-state index < -0.39 is 10.0 Å². The third-order valence-corrected chi connectivity index (χ3v) is 8.07. The first-order valence-corrected chi connectivity index (χ1v) is 12.9. The number of ether oxygens (including phenoxy) is 1. The normalized spacial score (nSPS) is 15.2. The summed E-state index contributed by atoms with van der Waals surface area (Å²) in [6, 6.07) is 18.7. The number of carbonyl (C=O) groups excluding carboxylic acids is 1. The highest BCUT2D eigenvalue weighted by atomic mass is 32.2. The van der Waals surface area contributed by atoms with Gasteiger partial charge in [0.15, 0.2) is 0 Å². The van der Waals surface area contributed by atoms with Crippen LogP contribution in [0.15, 0.2) is 65.6 Å². The molecule has 0 unspecified atom stereocenters. The number of nitrogens with zero attached hydrogens (tertiary/aromatic N) is 1. The first-order valence-electron chi connectivity index (χ1n) is 11.5. The van der Waals surface area contributed by atoms with Gasteiger partial charge in [0.1, 0.15) is 12.4 Å². The topological polar surface area (TPSA) is 75.7 Å². The van der Waals surface area contributed by atoms with Crippen molar-refractivity contribution in [2.45, 2.75) is 37.5 Å². The second-order valence-electron chi connectivity index (χ2n) is 8.38. The molecule has 1 N–H and O–H groups in total.